The number of hydrogen-bond donors (Lipinski definition) is 1. The maximum absolute atomic E-state index is 12.4. The van der Waals surface area contributed by atoms with Crippen LogP contribution in [-0.2, 0) is 11.3 Å². The molecule has 1 unspecified atom stereocenters. The molecule has 1 aromatic carbocycles. The van der Waals surface area contributed by atoms with Crippen LogP contribution < -0.4 is 5.73 Å². The largest absolute Gasteiger partial charge is 0.445 e. The number of piperidine rings is 1. The molecule has 22 heavy (non-hydrogen) atoms. The van der Waals surface area contributed by atoms with Gasteiger partial charge in [-0.15, -0.1) is 0 Å². The third-order valence-corrected chi connectivity index (χ3v) is 4.10. The summed E-state index contributed by atoms with van der Waals surface area (Å²) in [5, 5.41) is 0. The molecule has 1 fully saturated rings. The van der Waals surface area contributed by atoms with E-state index in [1.54, 1.807) is 0 Å². The SMILES string of the molecule is CN(CCN)CC1CCCCN1C(=O)OCc1ccccc1. The van der Waals surface area contributed by atoms with Gasteiger partial charge < -0.3 is 20.3 Å². The molecule has 0 radical (unpaired) electrons. The first-order chi connectivity index (χ1) is 10.7. The number of likely N-dealkylation sites (N-methyl/N-ethyl adjacent to an activating group) is 1. The van der Waals surface area contributed by atoms with Crippen molar-refractivity contribution in [1.82, 2.24) is 9.80 Å². The Labute approximate surface area is 133 Å². The summed E-state index contributed by atoms with van der Waals surface area (Å²) in [7, 11) is 2.05. The van der Waals surface area contributed by atoms with E-state index in [-0.39, 0.29) is 12.1 Å². The maximum Gasteiger partial charge on any atom is 0.410 e. The maximum atomic E-state index is 12.4. The predicted molar refractivity (Wildman–Crippen MR) is 87.5 cm³/mol. The highest BCUT2D eigenvalue weighted by molar-refractivity contribution is 5.68. The quantitative estimate of drug-likeness (QED) is 0.874. The fraction of sp³-hybridized carbons (Fsp3) is 0.588. The Morgan fingerprint density at radius 3 is 2.86 bits per heavy atom. The molecule has 1 aliphatic heterocycles. The van der Waals surface area contributed by atoms with Crippen LogP contribution >= 0.6 is 0 Å². The molecule has 1 amide bonds. The normalized spacial score (nSPS) is 18.5. The third-order valence-electron chi connectivity index (χ3n) is 4.10. The van der Waals surface area contributed by atoms with Gasteiger partial charge in [-0.05, 0) is 31.9 Å². The second-order valence-electron chi connectivity index (χ2n) is 5.93. The standard InChI is InChI=1S/C17H27N3O2/c1-19(12-10-18)13-16-9-5-6-11-20(16)17(21)22-14-15-7-3-2-4-8-15/h2-4,7-8,16H,5-6,9-14,18H2,1H3. The van der Waals surface area contributed by atoms with Crippen LogP contribution in [0, 0.1) is 0 Å². The summed E-state index contributed by atoms with van der Waals surface area (Å²) < 4.78 is 5.48. The van der Waals surface area contributed by atoms with E-state index in [1.807, 2.05) is 35.2 Å². The van der Waals surface area contributed by atoms with E-state index < -0.39 is 0 Å². The van der Waals surface area contributed by atoms with E-state index in [9.17, 15) is 4.79 Å². The van der Waals surface area contributed by atoms with E-state index in [2.05, 4.69) is 11.9 Å². The van der Waals surface area contributed by atoms with E-state index in [4.69, 9.17) is 10.5 Å². The fourth-order valence-corrected chi connectivity index (χ4v) is 2.90. The van der Waals surface area contributed by atoms with Crippen LogP contribution in [0.25, 0.3) is 0 Å². The summed E-state index contributed by atoms with van der Waals surface area (Å²) in [5.74, 6) is 0. The molecule has 1 heterocycles. The number of likely N-dealkylation sites (tertiary alicyclic amines) is 1. The van der Waals surface area contributed by atoms with Crippen LogP contribution in [0.3, 0.4) is 0 Å². The molecule has 2 rings (SSSR count). The van der Waals surface area contributed by atoms with Crippen molar-refractivity contribution < 1.29 is 9.53 Å². The van der Waals surface area contributed by atoms with Crippen LogP contribution in [0.2, 0.25) is 0 Å². The molecule has 0 saturated carbocycles. The molecule has 1 saturated heterocycles. The fourth-order valence-electron chi connectivity index (χ4n) is 2.90. The highest BCUT2D eigenvalue weighted by atomic mass is 16.6. The Morgan fingerprint density at radius 2 is 2.14 bits per heavy atom. The number of carbonyl (C=O) groups excluding carboxylic acids is 1. The Kier molecular flexibility index (Phi) is 6.68. The zero-order valence-corrected chi connectivity index (χ0v) is 13.4. The number of nitrogens with zero attached hydrogens (tertiary/aromatic N) is 2. The first-order valence-electron chi connectivity index (χ1n) is 8.06. The second-order valence-corrected chi connectivity index (χ2v) is 5.93. The number of hydrogen-bond acceptors (Lipinski definition) is 4. The van der Waals surface area contributed by atoms with Gasteiger partial charge in [-0.2, -0.15) is 0 Å². The monoisotopic (exact) mass is 305 g/mol. The van der Waals surface area contributed by atoms with Gasteiger partial charge in [-0.25, -0.2) is 4.79 Å². The lowest BCUT2D eigenvalue weighted by molar-refractivity contribution is 0.0594. The van der Waals surface area contributed by atoms with E-state index in [0.717, 1.165) is 38.0 Å². The molecule has 5 heteroatoms. The summed E-state index contributed by atoms with van der Waals surface area (Å²) in [6.45, 7) is 3.47. The number of nitrogens with two attached hydrogens (primary N) is 1. The summed E-state index contributed by atoms with van der Waals surface area (Å²) in [5.41, 5.74) is 6.61. The van der Waals surface area contributed by atoms with Gasteiger partial charge in [0.15, 0.2) is 0 Å². The van der Waals surface area contributed by atoms with Gasteiger partial charge in [0.1, 0.15) is 6.61 Å². The van der Waals surface area contributed by atoms with Crippen molar-refractivity contribution in [1.29, 1.82) is 0 Å². The van der Waals surface area contributed by atoms with E-state index >= 15 is 0 Å². The van der Waals surface area contributed by atoms with Crippen LogP contribution in [0.1, 0.15) is 24.8 Å². The summed E-state index contributed by atoms with van der Waals surface area (Å²) >= 11 is 0. The lowest BCUT2D eigenvalue weighted by atomic mass is 10.0. The Bertz CT molecular complexity index is 452. The lowest BCUT2D eigenvalue weighted by Crippen LogP contribution is -2.49. The lowest BCUT2D eigenvalue weighted by Gasteiger charge is -2.37. The number of rotatable bonds is 6. The van der Waals surface area contributed by atoms with Gasteiger partial charge in [0.2, 0.25) is 0 Å². The van der Waals surface area contributed by atoms with E-state index in [1.165, 1.54) is 6.42 Å². The average molecular weight is 305 g/mol. The van der Waals surface area contributed by atoms with E-state index in [0.29, 0.717) is 13.2 Å². The zero-order chi connectivity index (χ0) is 15.8. The molecule has 0 aromatic heterocycles. The molecular weight excluding hydrogens is 278 g/mol. The molecule has 1 aliphatic rings. The minimum absolute atomic E-state index is 0.199. The van der Waals surface area contributed by atoms with Gasteiger partial charge in [0.25, 0.3) is 0 Å². The Morgan fingerprint density at radius 1 is 1.36 bits per heavy atom. The molecule has 0 spiro atoms. The zero-order valence-electron chi connectivity index (χ0n) is 13.4. The van der Waals surface area contributed by atoms with Crippen molar-refractivity contribution >= 4 is 6.09 Å². The van der Waals surface area contributed by atoms with Gasteiger partial charge in [-0.1, -0.05) is 30.3 Å². The smallest absolute Gasteiger partial charge is 0.410 e. The van der Waals surface area contributed by atoms with Crippen molar-refractivity contribution in [3.63, 3.8) is 0 Å². The van der Waals surface area contributed by atoms with Crippen molar-refractivity contribution in [2.75, 3.05) is 33.2 Å². The average Bonchev–Trinajstić information content (AvgIpc) is 2.54. The van der Waals surface area contributed by atoms with Crippen LogP contribution in [0.15, 0.2) is 30.3 Å². The van der Waals surface area contributed by atoms with Crippen molar-refractivity contribution in [3.05, 3.63) is 35.9 Å². The second kappa shape index (κ2) is 8.76. The van der Waals surface area contributed by atoms with Gasteiger partial charge in [-0.3, -0.25) is 0 Å². The topological polar surface area (TPSA) is 58.8 Å². The predicted octanol–water partition coefficient (Wildman–Crippen LogP) is 2.07. The summed E-state index contributed by atoms with van der Waals surface area (Å²) in [6.07, 6.45) is 3.06. The number of amides is 1. The molecule has 122 valence electrons. The first-order valence-corrected chi connectivity index (χ1v) is 8.06. The first kappa shape index (κ1) is 16.8. The van der Waals surface area contributed by atoms with Gasteiger partial charge in [0.05, 0.1) is 0 Å². The van der Waals surface area contributed by atoms with Crippen LogP contribution in [0.4, 0.5) is 4.79 Å². The molecule has 0 aliphatic carbocycles. The van der Waals surface area contributed by atoms with Crippen LogP contribution in [0.5, 0.6) is 0 Å². The minimum Gasteiger partial charge on any atom is -0.445 e. The number of carbonyl (C=O) groups is 1. The van der Waals surface area contributed by atoms with Crippen molar-refractivity contribution in [2.24, 2.45) is 5.73 Å². The van der Waals surface area contributed by atoms with Gasteiger partial charge in [0, 0.05) is 32.2 Å². The number of ether oxygens (including phenoxy) is 1. The minimum atomic E-state index is -0.199. The van der Waals surface area contributed by atoms with Crippen LogP contribution in [-0.4, -0.2) is 55.2 Å². The molecule has 0 bridgehead atoms. The summed E-state index contributed by atoms with van der Waals surface area (Å²) in [6, 6.07) is 10.0. The number of benzene rings is 1. The van der Waals surface area contributed by atoms with Gasteiger partial charge >= 0.3 is 6.09 Å². The highest BCUT2D eigenvalue weighted by Crippen LogP contribution is 2.19. The molecular formula is C17H27N3O2. The van der Waals surface area contributed by atoms with Crippen molar-refractivity contribution in [3.8, 4) is 0 Å². The highest BCUT2D eigenvalue weighted by Gasteiger charge is 2.28. The Hall–Kier alpha value is -1.59. The third kappa shape index (κ3) is 5.00. The molecule has 2 N–H and O–H groups in total. The molecule has 1 aromatic rings. The van der Waals surface area contributed by atoms with Crippen molar-refractivity contribution in [2.45, 2.75) is 31.9 Å². The summed E-state index contributed by atoms with van der Waals surface area (Å²) in [4.78, 5) is 16.5. The molecule has 1 atom stereocenters. The Balaban J connectivity index is 1.87. The molecule has 5 nitrogen and oxygen atoms in total.